The highest BCUT2D eigenvalue weighted by Gasteiger charge is 2.40. The van der Waals surface area contributed by atoms with Crippen molar-refractivity contribution >= 4 is 12.2 Å². The molecule has 1 heterocycles. The van der Waals surface area contributed by atoms with Gasteiger partial charge >= 0.3 is 0 Å². The molecule has 0 bridgehead atoms. The molecule has 0 spiro atoms. The quantitative estimate of drug-likeness (QED) is 0.617. The number of hydrogen-bond donors (Lipinski definition) is 0. The molecule has 2 unspecified atom stereocenters. The summed E-state index contributed by atoms with van der Waals surface area (Å²) < 4.78 is 5.59. The summed E-state index contributed by atoms with van der Waals surface area (Å²) in [5.41, 5.74) is 2.00. The Bertz CT molecular complexity index is 605. The van der Waals surface area contributed by atoms with Gasteiger partial charge in [0.05, 0.1) is 12.6 Å². The van der Waals surface area contributed by atoms with Crippen molar-refractivity contribution in [3.63, 3.8) is 0 Å². The minimum atomic E-state index is -0.762. The number of carbonyl (C=O) groups excluding carboxylic acids is 2. The van der Waals surface area contributed by atoms with Gasteiger partial charge in [0.15, 0.2) is 12.5 Å². The summed E-state index contributed by atoms with van der Waals surface area (Å²) >= 11 is 0. The number of aldehydes is 1. The Morgan fingerprint density at radius 1 is 1.25 bits per heavy atom. The molecule has 0 N–H and O–H groups in total. The monoisotopic (exact) mass is 327 g/mol. The summed E-state index contributed by atoms with van der Waals surface area (Å²) in [5, 5.41) is 0. The molecule has 1 aliphatic heterocycles. The molecule has 1 saturated carbocycles. The molecule has 128 valence electrons. The van der Waals surface area contributed by atoms with Crippen molar-refractivity contribution in [1.82, 2.24) is 4.90 Å². The van der Waals surface area contributed by atoms with Gasteiger partial charge in [-0.3, -0.25) is 9.59 Å². The maximum absolute atomic E-state index is 13.2. The molecule has 0 aromatic heterocycles. The molecular formula is C20H25NO3. The van der Waals surface area contributed by atoms with E-state index in [0.29, 0.717) is 18.9 Å². The summed E-state index contributed by atoms with van der Waals surface area (Å²) in [7, 11) is 0. The number of benzene rings is 1. The third kappa shape index (κ3) is 3.44. The van der Waals surface area contributed by atoms with Gasteiger partial charge in [0.1, 0.15) is 0 Å². The van der Waals surface area contributed by atoms with Crippen LogP contribution in [0.1, 0.15) is 38.2 Å². The van der Waals surface area contributed by atoms with Crippen LogP contribution in [0.3, 0.4) is 0 Å². The molecule has 2 atom stereocenters. The summed E-state index contributed by atoms with van der Waals surface area (Å²) in [6, 6.07) is 9.96. The first kappa shape index (κ1) is 16.9. The third-order valence-corrected chi connectivity index (χ3v) is 5.14. The molecule has 1 saturated heterocycles. The molecule has 3 rings (SSSR count). The smallest absolute Gasteiger partial charge is 0.252 e. The highest BCUT2D eigenvalue weighted by Crippen LogP contribution is 2.33. The average Bonchev–Trinajstić information content (AvgIpc) is 3.26. The third-order valence-electron chi connectivity index (χ3n) is 5.14. The van der Waals surface area contributed by atoms with Crippen LogP contribution in [0.4, 0.5) is 0 Å². The van der Waals surface area contributed by atoms with Crippen molar-refractivity contribution in [1.29, 1.82) is 0 Å². The van der Waals surface area contributed by atoms with Crippen LogP contribution in [0.15, 0.2) is 42.0 Å². The number of rotatable bonds is 5. The number of carbonyl (C=O) groups is 2. The highest BCUT2D eigenvalue weighted by atomic mass is 16.5. The topological polar surface area (TPSA) is 46.6 Å². The van der Waals surface area contributed by atoms with Gasteiger partial charge in [-0.15, -0.1) is 0 Å². The van der Waals surface area contributed by atoms with Crippen LogP contribution in [0.2, 0.25) is 0 Å². The Balaban J connectivity index is 1.80. The van der Waals surface area contributed by atoms with Crippen LogP contribution >= 0.6 is 0 Å². The molecular weight excluding hydrogens is 302 g/mol. The van der Waals surface area contributed by atoms with E-state index >= 15 is 0 Å². The minimum Gasteiger partial charge on any atom is -0.349 e. The van der Waals surface area contributed by atoms with Gasteiger partial charge in [0.2, 0.25) is 0 Å². The average molecular weight is 327 g/mol. The Morgan fingerprint density at radius 2 is 1.96 bits per heavy atom. The summed E-state index contributed by atoms with van der Waals surface area (Å²) in [6.07, 6.45) is 7.10. The van der Waals surface area contributed by atoms with Crippen LogP contribution < -0.4 is 0 Å². The molecule has 1 amide bonds. The van der Waals surface area contributed by atoms with E-state index in [1.54, 1.807) is 4.90 Å². The van der Waals surface area contributed by atoms with E-state index < -0.39 is 6.23 Å². The Hall–Kier alpha value is -1.94. The summed E-state index contributed by atoms with van der Waals surface area (Å²) in [6.45, 7) is 2.33. The van der Waals surface area contributed by atoms with E-state index in [0.717, 1.165) is 30.3 Å². The zero-order chi connectivity index (χ0) is 16.9. The molecule has 1 aromatic carbocycles. The van der Waals surface area contributed by atoms with Crippen molar-refractivity contribution in [3.8, 4) is 0 Å². The van der Waals surface area contributed by atoms with Crippen molar-refractivity contribution < 1.29 is 14.3 Å². The molecule has 4 heteroatoms. The van der Waals surface area contributed by atoms with Crippen LogP contribution in [0, 0.1) is 5.92 Å². The number of amides is 1. The zero-order valence-electron chi connectivity index (χ0n) is 14.2. The Morgan fingerprint density at radius 3 is 2.58 bits per heavy atom. The van der Waals surface area contributed by atoms with Crippen LogP contribution in [0.5, 0.6) is 0 Å². The highest BCUT2D eigenvalue weighted by molar-refractivity contribution is 5.95. The van der Waals surface area contributed by atoms with Gasteiger partial charge in [-0.1, -0.05) is 49.2 Å². The minimum absolute atomic E-state index is 0.0278. The van der Waals surface area contributed by atoms with Crippen molar-refractivity contribution in [2.45, 2.75) is 51.3 Å². The van der Waals surface area contributed by atoms with E-state index in [1.807, 2.05) is 43.3 Å². The SMILES string of the molecule is CC=C(C(=O)N1C(Cc2ccccc2)COC1C=O)C1CCCC1. The number of ether oxygens (including phenoxy) is 1. The van der Waals surface area contributed by atoms with Gasteiger partial charge in [-0.05, 0) is 37.7 Å². The van der Waals surface area contributed by atoms with Gasteiger partial charge in [0.25, 0.3) is 5.91 Å². The second kappa shape index (κ2) is 7.75. The molecule has 4 nitrogen and oxygen atoms in total. The molecule has 0 radical (unpaired) electrons. The predicted octanol–water partition coefficient (Wildman–Crippen LogP) is 3.12. The lowest BCUT2D eigenvalue weighted by Crippen LogP contribution is -2.45. The van der Waals surface area contributed by atoms with Gasteiger partial charge in [-0.25, -0.2) is 0 Å². The van der Waals surface area contributed by atoms with E-state index in [9.17, 15) is 9.59 Å². The standard InChI is InChI=1S/C20H25NO3/c1-2-18(16-10-6-7-11-16)20(23)21-17(14-24-19(21)13-22)12-15-8-4-3-5-9-15/h2-5,8-9,13,16-17,19H,6-7,10-12,14H2,1H3. The lowest BCUT2D eigenvalue weighted by atomic mass is 9.95. The number of allylic oxidation sites excluding steroid dienone is 1. The number of hydrogen-bond acceptors (Lipinski definition) is 3. The van der Waals surface area contributed by atoms with Crippen molar-refractivity contribution in [3.05, 3.63) is 47.5 Å². The maximum Gasteiger partial charge on any atom is 0.252 e. The molecule has 1 aromatic rings. The zero-order valence-corrected chi connectivity index (χ0v) is 14.2. The van der Waals surface area contributed by atoms with Crippen LogP contribution in [-0.2, 0) is 20.7 Å². The maximum atomic E-state index is 13.2. The van der Waals surface area contributed by atoms with Gasteiger partial charge in [-0.2, -0.15) is 0 Å². The first-order valence-electron chi connectivity index (χ1n) is 8.84. The largest absolute Gasteiger partial charge is 0.349 e. The predicted molar refractivity (Wildman–Crippen MR) is 92.3 cm³/mol. The Labute approximate surface area is 143 Å². The fourth-order valence-electron chi connectivity index (χ4n) is 3.93. The molecule has 1 aliphatic carbocycles. The van der Waals surface area contributed by atoms with Crippen molar-refractivity contribution in [2.24, 2.45) is 5.92 Å². The summed E-state index contributed by atoms with van der Waals surface area (Å²) in [5.74, 6) is 0.299. The lowest BCUT2D eigenvalue weighted by Gasteiger charge is -2.28. The van der Waals surface area contributed by atoms with Crippen molar-refractivity contribution in [2.75, 3.05) is 6.61 Å². The molecule has 2 fully saturated rings. The van der Waals surface area contributed by atoms with Gasteiger partial charge in [0, 0.05) is 5.57 Å². The first-order valence-corrected chi connectivity index (χ1v) is 8.84. The van der Waals surface area contributed by atoms with E-state index in [-0.39, 0.29) is 11.9 Å². The van der Waals surface area contributed by atoms with E-state index in [4.69, 9.17) is 4.74 Å². The van der Waals surface area contributed by atoms with E-state index in [1.165, 1.54) is 12.8 Å². The summed E-state index contributed by atoms with van der Waals surface area (Å²) in [4.78, 5) is 26.2. The molecule has 24 heavy (non-hydrogen) atoms. The van der Waals surface area contributed by atoms with Crippen LogP contribution in [0.25, 0.3) is 0 Å². The Kier molecular flexibility index (Phi) is 5.46. The molecule has 2 aliphatic rings. The fourth-order valence-corrected chi connectivity index (χ4v) is 3.93. The van der Waals surface area contributed by atoms with Gasteiger partial charge < -0.3 is 9.64 Å². The van der Waals surface area contributed by atoms with Crippen LogP contribution in [-0.4, -0.2) is 36.0 Å². The lowest BCUT2D eigenvalue weighted by molar-refractivity contribution is -0.139. The number of nitrogens with zero attached hydrogens (tertiary/aromatic N) is 1. The first-order chi connectivity index (χ1) is 11.7. The normalized spacial score (nSPS) is 25.2. The second-order valence-electron chi connectivity index (χ2n) is 6.64. The van der Waals surface area contributed by atoms with E-state index in [2.05, 4.69) is 0 Å². The second-order valence-corrected chi connectivity index (χ2v) is 6.64. The fraction of sp³-hybridized carbons (Fsp3) is 0.500.